The Labute approximate surface area is 91.5 Å². The van der Waals surface area contributed by atoms with Crippen molar-refractivity contribution in [3.8, 4) is 0 Å². The van der Waals surface area contributed by atoms with E-state index >= 15 is 0 Å². The topological polar surface area (TPSA) is 23.5 Å². The summed E-state index contributed by atoms with van der Waals surface area (Å²) in [6.07, 6.45) is 2.27. The summed E-state index contributed by atoms with van der Waals surface area (Å²) >= 11 is 0. The van der Waals surface area contributed by atoms with E-state index < -0.39 is 5.60 Å². The second kappa shape index (κ2) is 3.95. The summed E-state index contributed by atoms with van der Waals surface area (Å²) in [6.45, 7) is 3.02. The first kappa shape index (κ1) is 10.7. The van der Waals surface area contributed by atoms with Crippen LogP contribution in [0.3, 0.4) is 0 Å². The maximum absolute atomic E-state index is 10.6. The molecule has 2 heteroatoms. The van der Waals surface area contributed by atoms with Crippen LogP contribution in [-0.4, -0.2) is 29.6 Å². The summed E-state index contributed by atoms with van der Waals surface area (Å²) in [5.41, 5.74) is 0.288. The second-order valence-electron chi connectivity index (χ2n) is 4.65. The first-order valence-electron chi connectivity index (χ1n) is 5.60. The maximum Gasteiger partial charge on any atom is 0.102 e. The van der Waals surface area contributed by atoms with E-state index in [1.807, 2.05) is 37.3 Å². The molecule has 0 spiro atoms. The smallest absolute Gasteiger partial charge is 0.102 e. The molecule has 0 aromatic heterocycles. The van der Waals surface area contributed by atoms with E-state index in [1.165, 1.54) is 6.42 Å². The fourth-order valence-corrected chi connectivity index (χ4v) is 2.59. The number of likely N-dealkylation sites (tertiary alicyclic amines) is 1. The molecule has 82 valence electrons. The molecule has 1 saturated heterocycles. The van der Waals surface area contributed by atoms with Crippen molar-refractivity contribution in [1.29, 1.82) is 0 Å². The minimum Gasteiger partial charge on any atom is -0.384 e. The van der Waals surface area contributed by atoms with E-state index in [0.29, 0.717) is 0 Å². The average molecular weight is 205 g/mol. The third-order valence-electron chi connectivity index (χ3n) is 3.53. The van der Waals surface area contributed by atoms with Gasteiger partial charge in [-0.1, -0.05) is 30.3 Å². The minimum absolute atomic E-state index is 0.250. The molecule has 1 aliphatic heterocycles. The standard InChI is InChI=1S/C13H19NO/c1-13(15,11-7-4-3-5-8-11)12-9-6-10-14(12)2/h3-5,7-8,12,15H,6,9-10H2,1-2H3/t12-,13+/m1/s1. The van der Waals surface area contributed by atoms with Crippen molar-refractivity contribution in [1.82, 2.24) is 4.90 Å². The van der Waals surface area contributed by atoms with Crippen LogP contribution in [0.2, 0.25) is 0 Å². The van der Waals surface area contributed by atoms with E-state index in [1.54, 1.807) is 0 Å². The maximum atomic E-state index is 10.6. The number of hydrogen-bond acceptors (Lipinski definition) is 2. The summed E-state index contributed by atoms with van der Waals surface area (Å²) in [5.74, 6) is 0. The van der Waals surface area contributed by atoms with Crippen LogP contribution in [0.1, 0.15) is 25.3 Å². The number of likely N-dealkylation sites (N-methyl/N-ethyl adjacent to an activating group) is 1. The van der Waals surface area contributed by atoms with Crippen molar-refractivity contribution in [3.05, 3.63) is 35.9 Å². The molecule has 1 aliphatic rings. The fraction of sp³-hybridized carbons (Fsp3) is 0.538. The van der Waals surface area contributed by atoms with E-state index in [-0.39, 0.29) is 6.04 Å². The van der Waals surface area contributed by atoms with Gasteiger partial charge in [-0.3, -0.25) is 0 Å². The van der Waals surface area contributed by atoms with Gasteiger partial charge in [0.15, 0.2) is 0 Å². The monoisotopic (exact) mass is 205 g/mol. The Kier molecular flexibility index (Phi) is 2.81. The minimum atomic E-state index is -0.730. The van der Waals surface area contributed by atoms with Gasteiger partial charge in [-0.05, 0) is 38.9 Å². The van der Waals surface area contributed by atoms with Gasteiger partial charge in [0, 0.05) is 6.04 Å². The molecule has 0 bridgehead atoms. The zero-order valence-electron chi connectivity index (χ0n) is 9.48. The molecule has 0 aliphatic carbocycles. The van der Waals surface area contributed by atoms with E-state index in [4.69, 9.17) is 0 Å². The highest BCUT2D eigenvalue weighted by atomic mass is 16.3. The normalized spacial score (nSPS) is 26.5. The molecule has 1 aromatic rings. The van der Waals surface area contributed by atoms with Gasteiger partial charge in [-0.2, -0.15) is 0 Å². The van der Waals surface area contributed by atoms with Crippen molar-refractivity contribution < 1.29 is 5.11 Å². The number of rotatable bonds is 2. The summed E-state index contributed by atoms with van der Waals surface area (Å²) < 4.78 is 0. The van der Waals surface area contributed by atoms with Crippen LogP contribution < -0.4 is 0 Å². The molecule has 0 saturated carbocycles. The van der Waals surface area contributed by atoms with Crippen molar-refractivity contribution in [2.75, 3.05) is 13.6 Å². The predicted octanol–water partition coefficient (Wildman–Crippen LogP) is 1.99. The molecule has 2 nitrogen and oxygen atoms in total. The van der Waals surface area contributed by atoms with Gasteiger partial charge in [0.25, 0.3) is 0 Å². The predicted molar refractivity (Wildman–Crippen MR) is 61.7 cm³/mol. The van der Waals surface area contributed by atoms with Crippen LogP contribution >= 0.6 is 0 Å². The Bertz CT molecular complexity index is 321. The Morgan fingerprint density at radius 2 is 2.00 bits per heavy atom. The molecule has 15 heavy (non-hydrogen) atoms. The second-order valence-corrected chi connectivity index (χ2v) is 4.65. The molecule has 0 amide bonds. The molecule has 1 fully saturated rings. The molecular weight excluding hydrogens is 186 g/mol. The highest BCUT2D eigenvalue weighted by molar-refractivity contribution is 5.23. The Morgan fingerprint density at radius 1 is 1.33 bits per heavy atom. The molecule has 2 atom stereocenters. The first-order valence-corrected chi connectivity index (χ1v) is 5.60. The zero-order valence-corrected chi connectivity index (χ0v) is 9.48. The largest absolute Gasteiger partial charge is 0.384 e. The van der Waals surface area contributed by atoms with Gasteiger partial charge < -0.3 is 10.0 Å². The van der Waals surface area contributed by atoms with E-state index in [9.17, 15) is 5.11 Å². The Hall–Kier alpha value is -0.860. The zero-order chi connectivity index (χ0) is 10.9. The van der Waals surface area contributed by atoms with Gasteiger partial charge in [-0.15, -0.1) is 0 Å². The lowest BCUT2D eigenvalue weighted by atomic mass is 9.87. The third-order valence-corrected chi connectivity index (χ3v) is 3.53. The van der Waals surface area contributed by atoms with Gasteiger partial charge in [0.1, 0.15) is 5.60 Å². The number of hydrogen-bond donors (Lipinski definition) is 1. The molecule has 1 aromatic carbocycles. The summed E-state index contributed by atoms with van der Waals surface area (Å²) in [4.78, 5) is 2.26. The van der Waals surface area contributed by atoms with Gasteiger partial charge in [-0.25, -0.2) is 0 Å². The van der Waals surface area contributed by atoms with E-state index in [2.05, 4.69) is 11.9 Å². The summed E-state index contributed by atoms with van der Waals surface area (Å²) in [6, 6.07) is 10.2. The number of aliphatic hydroxyl groups is 1. The first-order chi connectivity index (χ1) is 7.12. The lowest BCUT2D eigenvalue weighted by Crippen LogP contribution is -2.43. The van der Waals surface area contributed by atoms with Crippen LogP contribution in [0.5, 0.6) is 0 Å². The van der Waals surface area contributed by atoms with Crippen LogP contribution in [0.25, 0.3) is 0 Å². The number of benzene rings is 1. The van der Waals surface area contributed by atoms with Crippen molar-refractivity contribution in [2.24, 2.45) is 0 Å². The van der Waals surface area contributed by atoms with Crippen LogP contribution in [0.4, 0.5) is 0 Å². The molecular formula is C13H19NO. The van der Waals surface area contributed by atoms with E-state index in [0.717, 1.165) is 18.5 Å². The van der Waals surface area contributed by atoms with Crippen LogP contribution in [0.15, 0.2) is 30.3 Å². The van der Waals surface area contributed by atoms with Crippen LogP contribution in [0, 0.1) is 0 Å². The van der Waals surface area contributed by atoms with Crippen molar-refractivity contribution >= 4 is 0 Å². The molecule has 1 N–H and O–H groups in total. The summed E-state index contributed by atoms with van der Waals surface area (Å²) in [7, 11) is 2.09. The van der Waals surface area contributed by atoms with Gasteiger partial charge in [0.05, 0.1) is 0 Å². The van der Waals surface area contributed by atoms with Crippen LogP contribution in [-0.2, 0) is 5.60 Å². The fourth-order valence-electron chi connectivity index (χ4n) is 2.59. The lowest BCUT2D eigenvalue weighted by Gasteiger charge is -2.35. The van der Waals surface area contributed by atoms with Gasteiger partial charge in [0.2, 0.25) is 0 Å². The summed E-state index contributed by atoms with van der Waals surface area (Å²) in [5, 5.41) is 10.6. The quantitative estimate of drug-likeness (QED) is 0.798. The van der Waals surface area contributed by atoms with Gasteiger partial charge >= 0.3 is 0 Å². The van der Waals surface area contributed by atoms with Crippen molar-refractivity contribution in [3.63, 3.8) is 0 Å². The lowest BCUT2D eigenvalue weighted by molar-refractivity contribution is -0.0152. The highest BCUT2D eigenvalue weighted by Gasteiger charge is 2.38. The molecule has 1 heterocycles. The average Bonchev–Trinajstić information content (AvgIpc) is 2.66. The molecule has 0 unspecified atom stereocenters. The molecule has 0 radical (unpaired) electrons. The number of nitrogens with zero attached hydrogens (tertiary/aromatic N) is 1. The Balaban J connectivity index is 2.26. The third kappa shape index (κ3) is 1.92. The Morgan fingerprint density at radius 3 is 2.53 bits per heavy atom. The molecule has 2 rings (SSSR count). The highest BCUT2D eigenvalue weighted by Crippen LogP contribution is 2.33. The SMILES string of the molecule is CN1CCC[C@@H]1[C@@](C)(O)c1ccccc1. The van der Waals surface area contributed by atoms with Crippen molar-refractivity contribution in [2.45, 2.75) is 31.4 Å².